The van der Waals surface area contributed by atoms with E-state index in [1.807, 2.05) is 18.3 Å². The van der Waals surface area contributed by atoms with Crippen molar-refractivity contribution in [2.45, 2.75) is 32.6 Å². The second kappa shape index (κ2) is 12.5. The van der Waals surface area contributed by atoms with Crippen LogP contribution < -0.4 is 5.32 Å². The van der Waals surface area contributed by atoms with Gasteiger partial charge in [-0.15, -0.1) is 0 Å². The summed E-state index contributed by atoms with van der Waals surface area (Å²) in [5.41, 5.74) is 7.61. The molecule has 11 nitrogen and oxygen atoms in total. The lowest BCUT2D eigenvalue weighted by Crippen LogP contribution is -2.38. The summed E-state index contributed by atoms with van der Waals surface area (Å²) in [6.07, 6.45) is 7.00. The number of H-pyrrole nitrogens is 2. The van der Waals surface area contributed by atoms with Gasteiger partial charge in [0.1, 0.15) is 0 Å². The molecule has 5 rings (SSSR count). The first-order valence-electron chi connectivity index (χ1n) is 12.7. The minimum absolute atomic E-state index is 0.0119. The highest BCUT2D eigenvalue weighted by Gasteiger charge is 2.24. The van der Waals surface area contributed by atoms with Crippen LogP contribution in [0.2, 0.25) is 0 Å². The van der Waals surface area contributed by atoms with E-state index in [1.165, 1.54) is 11.1 Å². The zero-order chi connectivity index (χ0) is 27.1. The molecule has 202 valence electrons. The predicted octanol–water partition coefficient (Wildman–Crippen LogP) is 2.52. The highest BCUT2D eigenvalue weighted by molar-refractivity contribution is 6.10. The Kier molecular flexibility index (Phi) is 8.93. The number of carbonyl (C=O) groups excluding carboxylic acids is 1. The van der Waals surface area contributed by atoms with Crippen LogP contribution in [0.5, 0.6) is 0 Å². The Bertz CT molecular complexity index is 1320. The average molecular weight is 524 g/mol. The molecule has 0 saturated carbocycles. The Balaban J connectivity index is 0.000000368. The standard InChI is InChI=1S/C23H29N5O2.C4H4O4/c1-15-6-7-18(23(29)24-8-3-9-28-10-12-30-13-11-28)19-17-5-2-4-16-14-25-27-21(16)22(17)26-20(15)19;5-3(6)1-2-4(7)8/h6-7,14,26H,2-5,8-13H2,1H3,(H,24,29)(H,25,27);1-2H,(H,5,6)(H,7,8)/b;2-1+. The quantitative estimate of drug-likeness (QED) is 0.233. The Hall–Kier alpha value is -3.96. The molecule has 1 aromatic carbocycles. The van der Waals surface area contributed by atoms with E-state index in [0.29, 0.717) is 18.7 Å². The van der Waals surface area contributed by atoms with Crippen LogP contribution in [-0.2, 0) is 27.2 Å². The van der Waals surface area contributed by atoms with Crippen LogP contribution in [0.3, 0.4) is 0 Å². The largest absolute Gasteiger partial charge is 0.478 e. The van der Waals surface area contributed by atoms with Crippen LogP contribution in [-0.4, -0.2) is 87.5 Å². The Morgan fingerprint density at radius 1 is 1.11 bits per heavy atom. The number of carboxylic acids is 2. The number of hydrogen-bond donors (Lipinski definition) is 5. The van der Waals surface area contributed by atoms with E-state index >= 15 is 0 Å². The predicted molar refractivity (Wildman–Crippen MR) is 141 cm³/mol. The van der Waals surface area contributed by atoms with Gasteiger partial charge in [-0.3, -0.25) is 14.8 Å². The number of nitrogens with one attached hydrogen (secondary N) is 3. The van der Waals surface area contributed by atoms with Crippen LogP contribution in [0, 0.1) is 6.92 Å². The summed E-state index contributed by atoms with van der Waals surface area (Å²) in [6, 6.07) is 4.01. The fraction of sp³-hybridized carbons (Fsp3) is 0.407. The molecule has 5 N–H and O–H groups in total. The van der Waals surface area contributed by atoms with Crippen LogP contribution in [0.4, 0.5) is 0 Å². The van der Waals surface area contributed by atoms with Crippen molar-refractivity contribution in [2.24, 2.45) is 0 Å². The molecule has 1 amide bonds. The molecule has 3 heterocycles. The zero-order valence-electron chi connectivity index (χ0n) is 21.4. The number of nitrogens with zero attached hydrogens (tertiary/aromatic N) is 2. The van der Waals surface area contributed by atoms with Crippen molar-refractivity contribution in [3.63, 3.8) is 0 Å². The van der Waals surface area contributed by atoms with E-state index in [1.54, 1.807) is 0 Å². The van der Waals surface area contributed by atoms with Gasteiger partial charge in [0.25, 0.3) is 5.91 Å². The number of morpholine rings is 1. The van der Waals surface area contributed by atoms with Gasteiger partial charge in [0, 0.05) is 48.3 Å². The number of ether oxygens (including phenoxy) is 1. The van der Waals surface area contributed by atoms with Crippen molar-refractivity contribution < 1.29 is 29.3 Å². The summed E-state index contributed by atoms with van der Waals surface area (Å²) < 4.78 is 5.40. The second-order valence-corrected chi connectivity index (χ2v) is 9.36. The van der Waals surface area contributed by atoms with Gasteiger partial charge in [-0.2, -0.15) is 5.10 Å². The van der Waals surface area contributed by atoms with Gasteiger partial charge in [-0.25, -0.2) is 9.59 Å². The SMILES string of the molecule is Cc1ccc(C(=O)NCCCN2CCOCC2)c2c3c([nH]c12)-c1[nH]ncc1CCC3.O=C(O)/C=C/C(=O)O. The number of benzene rings is 1. The Morgan fingerprint density at radius 3 is 2.55 bits per heavy atom. The fourth-order valence-corrected chi connectivity index (χ4v) is 4.90. The smallest absolute Gasteiger partial charge is 0.328 e. The number of carboxylic acid groups (broad SMARTS) is 2. The molecule has 38 heavy (non-hydrogen) atoms. The highest BCUT2D eigenvalue weighted by atomic mass is 16.5. The second-order valence-electron chi connectivity index (χ2n) is 9.36. The van der Waals surface area contributed by atoms with Gasteiger partial charge in [-0.05, 0) is 61.9 Å². The highest BCUT2D eigenvalue weighted by Crippen LogP contribution is 2.37. The van der Waals surface area contributed by atoms with Gasteiger partial charge in [0.15, 0.2) is 0 Å². The van der Waals surface area contributed by atoms with Gasteiger partial charge < -0.3 is 25.3 Å². The molecule has 2 aromatic heterocycles. The Labute approximate surface area is 219 Å². The summed E-state index contributed by atoms with van der Waals surface area (Å²) in [7, 11) is 0. The number of amides is 1. The molecular formula is C27H33N5O6. The summed E-state index contributed by atoms with van der Waals surface area (Å²) in [4.78, 5) is 38.2. The molecule has 3 aromatic rings. The van der Waals surface area contributed by atoms with Crippen LogP contribution in [0.25, 0.3) is 22.3 Å². The minimum Gasteiger partial charge on any atom is -0.478 e. The maximum Gasteiger partial charge on any atom is 0.328 e. The summed E-state index contributed by atoms with van der Waals surface area (Å²) in [5.74, 6) is -2.50. The molecule has 2 aliphatic rings. The molecule has 1 aliphatic carbocycles. The number of aromatic amines is 2. The fourth-order valence-electron chi connectivity index (χ4n) is 4.90. The van der Waals surface area contributed by atoms with Crippen molar-refractivity contribution in [3.05, 3.63) is 52.7 Å². The van der Waals surface area contributed by atoms with E-state index < -0.39 is 11.9 Å². The summed E-state index contributed by atoms with van der Waals surface area (Å²) in [5, 5.41) is 27.2. The van der Waals surface area contributed by atoms with Gasteiger partial charge >= 0.3 is 11.9 Å². The monoisotopic (exact) mass is 523 g/mol. The first-order chi connectivity index (χ1) is 18.3. The topological polar surface area (TPSA) is 161 Å². The molecule has 0 radical (unpaired) electrons. The zero-order valence-corrected chi connectivity index (χ0v) is 21.4. The number of hydrogen-bond acceptors (Lipinski definition) is 6. The molecule has 1 aliphatic heterocycles. The number of aromatic nitrogens is 3. The number of aryl methyl sites for hydroxylation is 3. The van der Waals surface area contributed by atoms with Crippen LogP contribution >= 0.6 is 0 Å². The Morgan fingerprint density at radius 2 is 1.84 bits per heavy atom. The lowest BCUT2D eigenvalue weighted by molar-refractivity contribution is -0.134. The molecule has 1 fully saturated rings. The molecule has 11 heteroatoms. The van der Waals surface area contributed by atoms with Gasteiger partial charge in [0.05, 0.1) is 30.8 Å². The molecule has 0 bridgehead atoms. The molecule has 0 unspecified atom stereocenters. The van der Waals surface area contributed by atoms with Crippen LogP contribution in [0.15, 0.2) is 30.5 Å². The maximum absolute atomic E-state index is 13.1. The maximum atomic E-state index is 13.1. The number of fused-ring (bicyclic) bond motifs is 5. The summed E-state index contributed by atoms with van der Waals surface area (Å²) in [6.45, 7) is 7.36. The average Bonchev–Trinajstić information content (AvgIpc) is 3.48. The number of aliphatic carboxylic acids is 2. The van der Waals surface area contributed by atoms with E-state index in [2.05, 4.69) is 32.3 Å². The number of carbonyl (C=O) groups is 3. The van der Waals surface area contributed by atoms with Crippen molar-refractivity contribution in [2.75, 3.05) is 39.4 Å². The van der Waals surface area contributed by atoms with Crippen molar-refractivity contribution in [3.8, 4) is 11.4 Å². The third-order valence-corrected chi connectivity index (χ3v) is 6.76. The molecule has 0 atom stereocenters. The minimum atomic E-state index is -1.26. The van der Waals surface area contributed by atoms with Crippen LogP contribution in [0.1, 0.15) is 39.9 Å². The molecular weight excluding hydrogens is 490 g/mol. The lowest BCUT2D eigenvalue weighted by atomic mass is 9.99. The number of rotatable bonds is 7. The van der Waals surface area contributed by atoms with E-state index in [4.69, 9.17) is 14.9 Å². The molecule has 1 saturated heterocycles. The normalized spacial score (nSPS) is 15.3. The van der Waals surface area contributed by atoms with Gasteiger partial charge in [0.2, 0.25) is 0 Å². The molecule has 0 spiro atoms. The van der Waals surface area contributed by atoms with Crippen molar-refractivity contribution >= 4 is 28.7 Å². The van der Waals surface area contributed by atoms with E-state index in [-0.39, 0.29) is 5.91 Å². The van der Waals surface area contributed by atoms with Gasteiger partial charge in [-0.1, -0.05) is 6.07 Å². The lowest BCUT2D eigenvalue weighted by Gasteiger charge is -2.26. The van der Waals surface area contributed by atoms with E-state index in [0.717, 1.165) is 91.9 Å². The van der Waals surface area contributed by atoms with Crippen molar-refractivity contribution in [1.82, 2.24) is 25.4 Å². The first kappa shape index (κ1) is 27.1. The first-order valence-corrected chi connectivity index (χ1v) is 12.7. The third-order valence-electron chi connectivity index (χ3n) is 6.76. The summed E-state index contributed by atoms with van der Waals surface area (Å²) >= 11 is 0. The van der Waals surface area contributed by atoms with Crippen molar-refractivity contribution in [1.29, 1.82) is 0 Å². The van der Waals surface area contributed by atoms with E-state index in [9.17, 15) is 14.4 Å². The third kappa shape index (κ3) is 6.48.